The average Bonchev–Trinajstić information content (AvgIpc) is 3.06. The van der Waals surface area contributed by atoms with E-state index in [1.165, 1.54) is 0 Å². The van der Waals surface area contributed by atoms with Crippen molar-refractivity contribution in [2.45, 2.75) is 19.1 Å². The number of amides is 1. The Balaban J connectivity index is 1.34. The molecule has 2 aliphatic rings. The SMILES string of the molecule is O=C(C[C@@H]1C=Cc2cc3c(cc2O1)OCO3)NCc1ccc(Br)cc1. The lowest BCUT2D eigenvalue weighted by Gasteiger charge is -2.21. The van der Waals surface area contributed by atoms with Crippen molar-refractivity contribution in [3.63, 3.8) is 0 Å². The molecule has 25 heavy (non-hydrogen) atoms. The molecule has 0 radical (unpaired) electrons. The molecule has 5 nitrogen and oxygen atoms in total. The number of rotatable bonds is 4. The zero-order valence-corrected chi connectivity index (χ0v) is 14.9. The maximum absolute atomic E-state index is 12.2. The maximum Gasteiger partial charge on any atom is 0.231 e. The first-order valence-electron chi connectivity index (χ1n) is 7.97. The predicted molar refractivity (Wildman–Crippen MR) is 96.6 cm³/mol. The van der Waals surface area contributed by atoms with Crippen molar-refractivity contribution in [3.05, 3.63) is 58.1 Å². The van der Waals surface area contributed by atoms with Gasteiger partial charge in [0, 0.05) is 22.6 Å². The Labute approximate surface area is 153 Å². The monoisotopic (exact) mass is 401 g/mol. The molecule has 128 valence electrons. The molecule has 4 rings (SSSR count). The van der Waals surface area contributed by atoms with Gasteiger partial charge in [-0.05, 0) is 29.8 Å². The quantitative estimate of drug-likeness (QED) is 0.848. The zero-order valence-electron chi connectivity index (χ0n) is 13.3. The molecule has 2 aromatic carbocycles. The summed E-state index contributed by atoms with van der Waals surface area (Å²) in [6.07, 6.45) is 3.82. The first-order valence-corrected chi connectivity index (χ1v) is 8.76. The summed E-state index contributed by atoms with van der Waals surface area (Å²) in [5.74, 6) is 2.05. The minimum Gasteiger partial charge on any atom is -0.485 e. The van der Waals surface area contributed by atoms with Crippen LogP contribution < -0.4 is 19.5 Å². The van der Waals surface area contributed by atoms with Crippen molar-refractivity contribution in [3.8, 4) is 17.2 Å². The third-order valence-electron chi connectivity index (χ3n) is 4.06. The van der Waals surface area contributed by atoms with Gasteiger partial charge in [0.05, 0.1) is 6.42 Å². The van der Waals surface area contributed by atoms with E-state index in [9.17, 15) is 4.79 Å². The zero-order chi connectivity index (χ0) is 17.2. The van der Waals surface area contributed by atoms with E-state index >= 15 is 0 Å². The lowest BCUT2D eigenvalue weighted by molar-refractivity contribution is -0.122. The van der Waals surface area contributed by atoms with Gasteiger partial charge >= 0.3 is 0 Å². The van der Waals surface area contributed by atoms with Gasteiger partial charge in [-0.15, -0.1) is 0 Å². The molecule has 1 amide bonds. The standard InChI is InChI=1S/C19H16BrNO4/c20-14-4-1-12(2-5-14)10-21-19(22)8-15-6-3-13-7-17-18(24-11-23-17)9-16(13)25-15/h1-7,9,15H,8,10-11H2,(H,21,22)/t15-/m0/s1. The number of nitrogens with one attached hydrogen (secondary N) is 1. The van der Waals surface area contributed by atoms with Gasteiger partial charge < -0.3 is 19.5 Å². The molecular formula is C19H16BrNO4. The van der Waals surface area contributed by atoms with Crippen molar-refractivity contribution >= 4 is 27.9 Å². The second-order valence-corrected chi connectivity index (χ2v) is 6.78. The van der Waals surface area contributed by atoms with E-state index < -0.39 is 0 Å². The molecule has 0 saturated carbocycles. The van der Waals surface area contributed by atoms with Crippen LogP contribution in [-0.4, -0.2) is 18.8 Å². The van der Waals surface area contributed by atoms with Crippen LogP contribution in [0.25, 0.3) is 6.08 Å². The number of ether oxygens (including phenoxy) is 3. The molecule has 0 saturated heterocycles. The molecule has 0 fully saturated rings. The summed E-state index contributed by atoms with van der Waals surface area (Å²) in [5.41, 5.74) is 1.98. The minimum atomic E-state index is -0.294. The number of halogens is 1. The maximum atomic E-state index is 12.2. The molecule has 0 unspecified atom stereocenters. The Hall–Kier alpha value is -2.47. The van der Waals surface area contributed by atoms with Gasteiger partial charge in [-0.25, -0.2) is 0 Å². The lowest BCUT2D eigenvalue weighted by Crippen LogP contribution is -2.29. The van der Waals surface area contributed by atoms with Crippen molar-refractivity contribution in [1.29, 1.82) is 0 Å². The van der Waals surface area contributed by atoms with E-state index in [4.69, 9.17) is 14.2 Å². The second kappa shape index (κ2) is 6.80. The van der Waals surface area contributed by atoms with Gasteiger partial charge in [0.25, 0.3) is 0 Å². The highest BCUT2D eigenvalue weighted by molar-refractivity contribution is 9.10. The van der Waals surface area contributed by atoms with Crippen LogP contribution in [0.1, 0.15) is 17.5 Å². The van der Waals surface area contributed by atoms with Crippen molar-refractivity contribution in [2.24, 2.45) is 0 Å². The first-order chi connectivity index (χ1) is 12.2. The van der Waals surface area contributed by atoms with Crippen LogP contribution in [-0.2, 0) is 11.3 Å². The van der Waals surface area contributed by atoms with Gasteiger partial charge in [0.1, 0.15) is 11.9 Å². The molecule has 2 aliphatic heterocycles. The summed E-state index contributed by atoms with van der Waals surface area (Å²) in [6, 6.07) is 11.6. The Morgan fingerprint density at radius 2 is 1.88 bits per heavy atom. The fourth-order valence-electron chi connectivity index (χ4n) is 2.75. The number of benzene rings is 2. The number of carbonyl (C=O) groups excluding carboxylic acids is 1. The van der Waals surface area contributed by atoms with E-state index in [0.717, 1.165) is 21.3 Å². The van der Waals surface area contributed by atoms with Crippen molar-refractivity contribution in [1.82, 2.24) is 5.32 Å². The molecule has 0 spiro atoms. The summed E-state index contributed by atoms with van der Waals surface area (Å²) in [4.78, 5) is 12.2. The fourth-order valence-corrected chi connectivity index (χ4v) is 3.02. The Kier molecular flexibility index (Phi) is 4.36. The van der Waals surface area contributed by atoms with Crippen LogP contribution >= 0.6 is 15.9 Å². The number of carbonyl (C=O) groups is 1. The third kappa shape index (κ3) is 3.64. The van der Waals surface area contributed by atoms with Crippen LogP contribution in [0.15, 0.2) is 46.9 Å². The number of hydrogen-bond donors (Lipinski definition) is 1. The third-order valence-corrected chi connectivity index (χ3v) is 4.59. The second-order valence-electron chi connectivity index (χ2n) is 5.87. The van der Waals surface area contributed by atoms with Gasteiger partial charge in [-0.3, -0.25) is 4.79 Å². The normalized spacial score (nSPS) is 16.9. The van der Waals surface area contributed by atoms with Gasteiger partial charge in [-0.1, -0.05) is 34.1 Å². The Morgan fingerprint density at radius 3 is 2.68 bits per heavy atom. The molecule has 0 aliphatic carbocycles. The number of fused-ring (bicyclic) bond motifs is 2. The van der Waals surface area contributed by atoms with Crippen LogP contribution in [0.3, 0.4) is 0 Å². The highest BCUT2D eigenvalue weighted by Gasteiger charge is 2.22. The molecule has 2 heterocycles. The van der Waals surface area contributed by atoms with E-state index in [1.807, 2.05) is 48.6 Å². The molecule has 2 aromatic rings. The van der Waals surface area contributed by atoms with E-state index in [2.05, 4.69) is 21.2 Å². The molecule has 1 atom stereocenters. The smallest absolute Gasteiger partial charge is 0.231 e. The molecule has 0 bridgehead atoms. The van der Waals surface area contributed by atoms with Gasteiger partial charge in [-0.2, -0.15) is 0 Å². The summed E-state index contributed by atoms with van der Waals surface area (Å²) in [7, 11) is 0. The number of hydrogen-bond acceptors (Lipinski definition) is 4. The fraction of sp³-hybridized carbons (Fsp3) is 0.211. The van der Waals surface area contributed by atoms with Gasteiger partial charge in [0.2, 0.25) is 12.7 Å². The van der Waals surface area contributed by atoms with E-state index in [-0.39, 0.29) is 25.2 Å². The predicted octanol–water partition coefficient (Wildman–Crippen LogP) is 3.66. The molecule has 1 N–H and O–H groups in total. The summed E-state index contributed by atoms with van der Waals surface area (Å²) in [6.45, 7) is 0.724. The molecular weight excluding hydrogens is 386 g/mol. The van der Waals surface area contributed by atoms with Crippen molar-refractivity contribution < 1.29 is 19.0 Å². The largest absolute Gasteiger partial charge is 0.485 e. The Morgan fingerprint density at radius 1 is 1.12 bits per heavy atom. The first kappa shape index (κ1) is 16.0. The van der Waals surface area contributed by atoms with Crippen molar-refractivity contribution in [2.75, 3.05) is 6.79 Å². The minimum absolute atomic E-state index is 0.0539. The van der Waals surface area contributed by atoms with Gasteiger partial charge in [0.15, 0.2) is 11.5 Å². The molecule has 0 aromatic heterocycles. The average molecular weight is 402 g/mol. The summed E-state index contributed by atoms with van der Waals surface area (Å²) in [5, 5.41) is 2.92. The highest BCUT2D eigenvalue weighted by atomic mass is 79.9. The van der Waals surface area contributed by atoms with Crippen LogP contribution in [0.5, 0.6) is 17.2 Å². The summed E-state index contributed by atoms with van der Waals surface area (Å²) >= 11 is 3.39. The lowest BCUT2D eigenvalue weighted by atomic mass is 10.1. The summed E-state index contributed by atoms with van der Waals surface area (Å²) < 4.78 is 17.6. The van der Waals surface area contributed by atoms with Crippen LogP contribution in [0.4, 0.5) is 0 Å². The van der Waals surface area contributed by atoms with Crippen LogP contribution in [0.2, 0.25) is 0 Å². The Bertz CT molecular complexity index is 832. The highest BCUT2D eigenvalue weighted by Crippen LogP contribution is 2.40. The van der Waals surface area contributed by atoms with Crippen LogP contribution in [0, 0.1) is 0 Å². The van der Waals surface area contributed by atoms with E-state index in [1.54, 1.807) is 0 Å². The topological polar surface area (TPSA) is 56.8 Å². The van der Waals surface area contributed by atoms with E-state index in [0.29, 0.717) is 18.0 Å². The molecule has 6 heteroatoms.